The van der Waals surface area contributed by atoms with Gasteiger partial charge in [0, 0.05) is 17.4 Å². The summed E-state index contributed by atoms with van der Waals surface area (Å²) in [4.78, 5) is 16.8. The van der Waals surface area contributed by atoms with Gasteiger partial charge in [-0.1, -0.05) is 17.8 Å². The van der Waals surface area contributed by atoms with Gasteiger partial charge in [0.2, 0.25) is 5.91 Å². The summed E-state index contributed by atoms with van der Waals surface area (Å²) in [5, 5.41) is 20.3. The molecule has 126 valence electrons. The summed E-state index contributed by atoms with van der Waals surface area (Å²) in [5.74, 6) is 0.603. The first-order chi connectivity index (χ1) is 12.0. The topological polar surface area (TPSA) is 96.0 Å². The summed E-state index contributed by atoms with van der Waals surface area (Å²) in [6.45, 7) is 5.58. The lowest BCUT2D eigenvalue weighted by Crippen LogP contribution is -2.22. The normalized spacial score (nSPS) is 11.9. The van der Waals surface area contributed by atoms with Crippen LogP contribution in [0.15, 0.2) is 35.5 Å². The van der Waals surface area contributed by atoms with Gasteiger partial charge in [-0.15, -0.1) is 10.2 Å². The Hall–Kier alpha value is -2.92. The van der Waals surface area contributed by atoms with E-state index >= 15 is 0 Å². The highest BCUT2D eigenvalue weighted by Crippen LogP contribution is 2.24. The summed E-state index contributed by atoms with van der Waals surface area (Å²) < 4.78 is 1.83. The Morgan fingerprint density at radius 3 is 2.88 bits per heavy atom. The number of thioether (sulfide) groups is 1. The SMILES string of the molecule is Cc1cc2nnc(SC(C)C(=O)Nc3cccc(C#N)c3)n2c(C)n1. The van der Waals surface area contributed by atoms with E-state index in [1.165, 1.54) is 11.8 Å². The van der Waals surface area contributed by atoms with Gasteiger partial charge in [0.15, 0.2) is 10.8 Å². The molecule has 0 bridgehead atoms. The van der Waals surface area contributed by atoms with E-state index in [0.717, 1.165) is 11.5 Å². The molecule has 2 heterocycles. The van der Waals surface area contributed by atoms with Gasteiger partial charge in [-0.3, -0.25) is 9.20 Å². The van der Waals surface area contributed by atoms with E-state index in [1.54, 1.807) is 31.2 Å². The molecular formula is C17H16N6OS. The first kappa shape index (κ1) is 16.9. The van der Waals surface area contributed by atoms with E-state index in [0.29, 0.717) is 22.1 Å². The molecule has 1 unspecified atom stereocenters. The zero-order valence-electron chi connectivity index (χ0n) is 14.0. The van der Waals surface area contributed by atoms with Crippen LogP contribution in [0.25, 0.3) is 5.65 Å². The second-order valence-electron chi connectivity index (χ2n) is 5.56. The zero-order valence-corrected chi connectivity index (χ0v) is 14.8. The van der Waals surface area contributed by atoms with Crippen LogP contribution < -0.4 is 5.32 Å². The Morgan fingerprint density at radius 1 is 1.32 bits per heavy atom. The van der Waals surface area contributed by atoms with Crippen molar-refractivity contribution >= 4 is 29.0 Å². The second-order valence-corrected chi connectivity index (χ2v) is 6.87. The van der Waals surface area contributed by atoms with Crippen LogP contribution in [0.5, 0.6) is 0 Å². The fourth-order valence-corrected chi connectivity index (χ4v) is 3.30. The molecule has 0 aliphatic rings. The molecule has 0 aliphatic carbocycles. The number of fused-ring (bicyclic) bond motifs is 1. The first-order valence-corrected chi connectivity index (χ1v) is 8.53. The largest absolute Gasteiger partial charge is 0.325 e. The molecular weight excluding hydrogens is 336 g/mol. The molecule has 2 aromatic heterocycles. The van der Waals surface area contributed by atoms with Crippen molar-refractivity contribution in [3.8, 4) is 6.07 Å². The molecule has 25 heavy (non-hydrogen) atoms. The third-order valence-electron chi connectivity index (χ3n) is 3.57. The van der Waals surface area contributed by atoms with Crippen LogP contribution in [0.4, 0.5) is 5.69 Å². The summed E-state index contributed by atoms with van der Waals surface area (Å²) in [7, 11) is 0. The maximum absolute atomic E-state index is 12.4. The fraction of sp³-hybridized carbons (Fsp3) is 0.235. The van der Waals surface area contributed by atoms with Gasteiger partial charge in [0.1, 0.15) is 5.82 Å². The molecule has 0 spiro atoms. The van der Waals surface area contributed by atoms with Crippen LogP contribution in [-0.2, 0) is 4.79 Å². The molecule has 0 fully saturated rings. The number of aryl methyl sites for hydroxylation is 2. The second kappa shape index (κ2) is 6.91. The molecule has 0 saturated carbocycles. The number of hydrogen-bond donors (Lipinski definition) is 1. The van der Waals surface area contributed by atoms with Crippen molar-refractivity contribution in [1.29, 1.82) is 5.26 Å². The van der Waals surface area contributed by atoms with Crippen molar-refractivity contribution in [3.63, 3.8) is 0 Å². The highest BCUT2D eigenvalue weighted by atomic mass is 32.2. The van der Waals surface area contributed by atoms with Crippen LogP contribution in [-0.4, -0.2) is 30.7 Å². The average Bonchev–Trinajstić information content (AvgIpc) is 2.97. The van der Waals surface area contributed by atoms with Gasteiger partial charge in [-0.25, -0.2) is 4.98 Å². The zero-order chi connectivity index (χ0) is 18.0. The van der Waals surface area contributed by atoms with Crippen LogP contribution in [0.2, 0.25) is 0 Å². The molecule has 3 aromatic rings. The van der Waals surface area contributed by atoms with Gasteiger partial charge in [-0.05, 0) is 39.0 Å². The summed E-state index contributed by atoms with van der Waals surface area (Å²) in [6, 6.07) is 10.7. The van der Waals surface area contributed by atoms with Gasteiger partial charge >= 0.3 is 0 Å². The van der Waals surface area contributed by atoms with E-state index < -0.39 is 0 Å². The van der Waals surface area contributed by atoms with Crippen LogP contribution in [0, 0.1) is 25.2 Å². The number of nitriles is 1. The number of nitrogens with one attached hydrogen (secondary N) is 1. The summed E-state index contributed by atoms with van der Waals surface area (Å²) >= 11 is 1.31. The standard InChI is InChI=1S/C17H16N6OS/c1-10-7-15-21-22-17(23(15)12(3)19-10)25-11(2)16(24)20-14-6-4-5-13(8-14)9-18/h4-8,11H,1-3H3,(H,20,24). The van der Waals surface area contributed by atoms with Crippen molar-refractivity contribution < 1.29 is 4.79 Å². The van der Waals surface area contributed by atoms with Crippen molar-refractivity contribution in [2.45, 2.75) is 31.2 Å². The lowest BCUT2D eigenvalue weighted by molar-refractivity contribution is -0.115. The smallest absolute Gasteiger partial charge is 0.237 e. The Labute approximate surface area is 149 Å². The molecule has 0 aliphatic heterocycles. The van der Waals surface area contributed by atoms with Crippen LogP contribution >= 0.6 is 11.8 Å². The number of anilines is 1. The number of rotatable bonds is 4. The van der Waals surface area contributed by atoms with E-state index in [4.69, 9.17) is 5.26 Å². The highest BCUT2D eigenvalue weighted by molar-refractivity contribution is 8.00. The number of benzene rings is 1. The number of hydrogen-bond acceptors (Lipinski definition) is 6. The molecule has 0 saturated heterocycles. The maximum Gasteiger partial charge on any atom is 0.237 e. The predicted octanol–water partition coefficient (Wildman–Crippen LogP) is 2.73. The van der Waals surface area contributed by atoms with Gasteiger partial charge < -0.3 is 5.32 Å². The predicted molar refractivity (Wildman–Crippen MR) is 95.4 cm³/mol. The Kier molecular flexibility index (Phi) is 4.67. The molecule has 0 radical (unpaired) electrons. The lowest BCUT2D eigenvalue weighted by atomic mass is 10.2. The fourth-order valence-electron chi connectivity index (χ4n) is 2.40. The Bertz CT molecular complexity index is 990. The highest BCUT2D eigenvalue weighted by Gasteiger charge is 2.19. The van der Waals surface area contributed by atoms with Crippen molar-refractivity contribution in [2.24, 2.45) is 0 Å². The van der Waals surface area contributed by atoms with Crippen molar-refractivity contribution in [1.82, 2.24) is 19.6 Å². The van der Waals surface area contributed by atoms with E-state index in [9.17, 15) is 4.79 Å². The molecule has 7 nitrogen and oxygen atoms in total. The maximum atomic E-state index is 12.4. The Balaban J connectivity index is 1.77. The third-order valence-corrected chi connectivity index (χ3v) is 4.61. The monoisotopic (exact) mass is 352 g/mol. The van der Waals surface area contributed by atoms with Gasteiger partial charge in [0.25, 0.3) is 0 Å². The minimum Gasteiger partial charge on any atom is -0.325 e. The van der Waals surface area contributed by atoms with Crippen LogP contribution in [0.3, 0.4) is 0 Å². The van der Waals surface area contributed by atoms with E-state index in [-0.39, 0.29) is 11.2 Å². The quantitative estimate of drug-likeness (QED) is 0.725. The van der Waals surface area contributed by atoms with Crippen molar-refractivity contribution in [3.05, 3.63) is 47.4 Å². The number of nitrogens with zero attached hydrogens (tertiary/aromatic N) is 5. The molecule has 1 atom stereocenters. The lowest BCUT2D eigenvalue weighted by Gasteiger charge is -2.11. The average molecular weight is 352 g/mol. The molecule has 8 heteroatoms. The number of aromatic nitrogens is 4. The number of carbonyl (C=O) groups excluding carboxylic acids is 1. The van der Waals surface area contributed by atoms with E-state index in [1.807, 2.05) is 24.3 Å². The Morgan fingerprint density at radius 2 is 2.12 bits per heavy atom. The molecule has 1 N–H and O–H groups in total. The van der Waals surface area contributed by atoms with Gasteiger partial charge in [0.05, 0.1) is 16.9 Å². The number of carbonyl (C=O) groups is 1. The molecule has 1 aromatic carbocycles. The minimum absolute atomic E-state index is 0.172. The molecule has 1 amide bonds. The van der Waals surface area contributed by atoms with Crippen LogP contribution in [0.1, 0.15) is 24.0 Å². The third kappa shape index (κ3) is 3.61. The van der Waals surface area contributed by atoms with E-state index in [2.05, 4.69) is 26.6 Å². The number of amides is 1. The first-order valence-electron chi connectivity index (χ1n) is 7.65. The summed E-state index contributed by atoms with van der Waals surface area (Å²) in [5.41, 5.74) is 2.67. The molecule has 3 rings (SSSR count). The van der Waals surface area contributed by atoms with Gasteiger partial charge in [-0.2, -0.15) is 5.26 Å². The minimum atomic E-state index is -0.390. The summed E-state index contributed by atoms with van der Waals surface area (Å²) in [6.07, 6.45) is 0. The van der Waals surface area contributed by atoms with Crippen molar-refractivity contribution in [2.75, 3.05) is 5.32 Å².